The minimum absolute atomic E-state index is 0.151. The third-order valence-corrected chi connectivity index (χ3v) is 3.63. The van der Waals surface area contributed by atoms with E-state index in [1.54, 1.807) is 6.07 Å². The fourth-order valence-corrected chi connectivity index (χ4v) is 2.61. The number of halogens is 1. The maximum absolute atomic E-state index is 14.1. The molecule has 20 heavy (non-hydrogen) atoms. The maximum Gasteiger partial charge on any atom is 0.128 e. The highest BCUT2D eigenvalue weighted by Crippen LogP contribution is 2.29. The zero-order valence-electron chi connectivity index (χ0n) is 12.0. The molecular weight excluding hydrogens is 251 g/mol. The van der Waals surface area contributed by atoms with Crippen LogP contribution < -0.4 is 10.6 Å². The lowest BCUT2D eigenvalue weighted by atomic mass is 10.0. The van der Waals surface area contributed by atoms with Gasteiger partial charge in [-0.3, -0.25) is 0 Å². The van der Waals surface area contributed by atoms with Crippen molar-refractivity contribution in [3.63, 3.8) is 0 Å². The number of rotatable bonds is 5. The first-order valence-corrected chi connectivity index (χ1v) is 6.95. The molecule has 0 aliphatic rings. The summed E-state index contributed by atoms with van der Waals surface area (Å²) in [4.78, 5) is 2.16. The lowest BCUT2D eigenvalue weighted by Gasteiger charge is -2.33. The predicted octanol–water partition coefficient (Wildman–Crippen LogP) is 3.66. The molecule has 0 radical (unpaired) electrons. The van der Waals surface area contributed by atoms with Crippen molar-refractivity contribution < 1.29 is 4.39 Å². The molecule has 0 saturated heterocycles. The highest BCUT2D eigenvalue weighted by atomic mass is 19.1. The van der Waals surface area contributed by atoms with Gasteiger partial charge in [0.1, 0.15) is 5.82 Å². The number of likely N-dealkylation sites (N-methyl/N-ethyl adjacent to an activating group) is 1. The molecule has 0 spiro atoms. The van der Waals surface area contributed by atoms with Gasteiger partial charge in [-0.05, 0) is 31.5 Å². The Balaban J connectivity index is 2.44. The lowest BCUT2D eigenvalue weighted by Crippen LogP contribution is -2.34. The van der Waals surface area contributed by atoms with Crippen molar-refractivity contribution in [2.24, 2.45) is 5.73 Å². The third-order valence-electron chi connectivity index (χ3n) is 3.63. The van der Waals surface area contributed by atoms with Gasteiger partial charge in [-0.25, -0.2) is 4.39 Å². The summed E-state index contributed by atoms with van der Waals surface area (Å²) in [5, 5.41) is 0. The summed E-state index contributed by atoms with van der Waals surface area (Å²) in [5.74, 6) is -0.199. The number of hydrogen-bond donors (Lipinski definition) is 1. The minimum atomic E-state index is -0.199. The van der Waals surface area contributed by atoms with Crippen LogP contribution in [0, 0.1) is 12.7 Å². The Hall–Kier alpha value is -1.87. The van der Waals surface area contributed by atoms with E-state index in [9.17, 15) is 4.39 Å². The number of nitrogens with two attached hydrogens (primary N) is 1. The second kappa shape index (κ2) is 6.53. The molecule has 3 heteroatoms. The molecule has 2 rings (SSSR count). The standard InChI is InChI=1S/C17H21FN2/c1-3-20(16-11-7-4-8-13(16)2)17(12-19)14-9-5-6-10-15(14)18/h4-11,17H,3,12,19H2,1-2H3. The summed E-state index contributed by atoms with van der Waals surface area (Å²) in [5.41, 5.74) is 8.86. The van der Waals surface area contributed by atoms with Crippen LogP contribution in [0.2, 0.25) is 0 Å². The van der Waals surface area contributed by atoms with Gasteiger partial charge in [0.2, 0.25) is 0 Å². The molecule has 0 bridgehead atoms. The van der Waals surface area contributed by atoms with Gasteiger partial charge in [-0.15, -0.1) is 0 Å². The van der Waals surface area contributed by atoms with E-state index in [0.717, 1.165) is 12.2 Å². The lowest BCUT2D eigenvalue weighted by molar-refractivity contribution is 0.562. The number of hydrogen-bond acceptors (Lipinski definition) is 2. The first kappa shape index (κ1) is 14.5. The van der Waals surface area contributed by atoms with Gasteiger partial charge in [0.15, 0.2) is 0 Å². The van der Waals surface area contributed by atoms with Crippen LogP contribution in [0.15, 0.2) is 48.5 Å². The van der Waals surface area contributed by atoms with E-state index in [1.165, 1.54) is 11.6 Å². The van der Waals surface area contributed by atoms with Gasteiger partial charge in [-0.1, -0.05) is 36.4 Å². The topological polar surface area (TPSA) is 29.3 Å². The Morgan fingerprint density at radius 3 is 2.35 bits per heavy atom. The van der Waals surface area contributed by atoms with Gasteiger partial charge >= 0.3 is 0 Å². The van der Waals surface area contributed by atoms with Crippen molar-refractivity contribution in [3.05, 3.63) is 65.5 Å². The molecule has 0 heterocycles. The van der Waals surface area contributed by atoms with Crippen molar-refractivity contribution in [2.75, 3.05) is 18.0 Å². The largest absolute Gasteiger partial charge is 0.363 e. The van der Waals surface area contributed by atoms with E-state index >= 15 is 0 Å². The van der Waals surface area contributed by atoms with Gasteiger partial charge < -0.3 is 10.6 Å². The molecule has 0 saturated carbocycles. The second-order valence-electron chi connectivity index (χ2n) is 4.85. The molecule has 0 aromatic heterocycles. The Kier molecular flexibility index (Phi) is 4.74. The maximum atomic E-state index is 14.1. The van der Waals surface area contributed by atoms with Crippen LogP contribution in [-0.4, -0.2) is 13.1 Å². The Bertz CT molecular complexity index is 517. The van der Waals surface area contributed by atoms with Crippen molar-refractivity contribution in [2.45, 2.75) is 19.9 Å². The summed E-state index contributed by atoms with van der Waals surface area (Å²) in [6, 6.07) is 14.8. The number of para-hydroxylation sites is 1. The molecule has 0 aliphatic carbocycles. The number of nitrogens with zero attached hydrogens (tertiary/aromatic N) is 1. The molecule has 2 N–H and O–H groups in total. The molecule has 1 atom stereocenters. The van der Waals surface area contributed by atoms with Crippen LogP contribution in [0.25, 0.3) is 0 Å². The van der Waals surface area contributed by atoms with Crippen LogP contribution in [-0.2, 0) is 0 Å². The van der Waals surface area contributed by atoms with Crippen LogP contribution in [0.1, 0.15) is 24.1 Å². The predicted molar refractivity (Wildman–Crippen MR) is 82.4 cm³/mol. The molecule has 1 unspecified atom stereocenters. The van der Waals surface area contributed by atoms with Gasteiger partial charge in [0.05, 0.1) is 6.04 Å². The summed E-state index contributed by atoms with van der Waals surface area (Å²) in [6.07, 6.45) is 0. The molecule has 106 valence electrons. The van der Waals surface area contributed by atoms with E-state index in [4.69, 9.17) is 5.73 Å². The van der Waals surface area contributed by atoms with Gasteiger partial charge in [0.25, 0.3) is 0 Å². The van der Waals surface area contributed by atoms with Crippen LogP contribution in [0.4, 0.5) is 10.1 Å². The monoisotopic (exact) mass is 272 g/mol. The molecular formula is C17H21FN2. The highest BCUT2D eigenvalue weighted by Gasteiger charge is 2.21. The smallest absolute Gasteiger partial charge is 0.128 e. The molecule has 0 aliphatic heterocycles. The SMILES string of the molecule is CCN(c1ccccc1C)C(CN)c1ccccc1F. The van der Waals surface area contributed by atoms with Crippen LogP contribution in [0.5, 0.6) is 0 Å². The average Bonchev–Trinajstić information content (AvgIpc) is 2.47. The molecule has 0 amide bonds. The van der Waals surface area contributed by atoms with Crippen molar-refractivity contribution in [1.82, 2.24) is 0 Å². The average molecular weight is 272 g/mol. The number of benzene rings is 2. The third kappa shape index (κ3) is 2.83. The first-order chi connectivity index (χ1) is 9.69. The molecule has 2 aromatic carbocycles. The number of anilines is 1. The van der Waals surface area contributed by atoms with E-state index < -0.39 is 0 Å². The molecule has 2 nitrogen and oxygen atoms in total. The van der Waals surface area contributed by atoms with E-state index in [2.05, 4.69) is 30.9 Å². The zero-order chi connectivity index (χ0) is 14.5. The summed E-state index contributed by atoms with van der Waals surface area (Å²) >= 11 is 0. The number of aryl methyl sites for hydroxylation is 1. The fraction of sp³-hybridized carbons (Fsp3) is 0.294. The second-order valence-corrected chi connectivity index (χ2v) is 4.85. The van der Waals surface area contributed by atoms with Gasteiger partial charge in [-0.2, -0.15) is 0 Å². The van der Waals surface area contributed by atoms with Gasteiger partial charge in [0, 0.05) is 24.3 Å². The van der Waals surface area contributed by atoms with Crippen LogP contribution in [0.3, 0.4) is 0 Å². The normalized spacial score (nSPS) is 12.2. The zero-order valence-corrected chi connectivity index (χ0v) is 12.0. The Morgan fingerprint density at radius 2 is 1.75 bits per heavy atom. The quantitative estimate of drug-likeness (QED) is 0.900. The summed E-state index contributed by atoms with van der Waals surface area (Å²) in [7, 11) is 0. The highest BCUT2D eigenvalue weighted by molar-refractivity contribution is 5.55. The minimum Gasteiger partial charge on any atom is -0.363 e. The van der Waals surface area contributed by atoms with E-state index in [0.29, 0.717) is 12.1 Å². The van der Waals surface area contributed by atoms with Crippen LogP contribution >= 0.6 is 0 Å². The van der Waals surface area contributed by atoms with Crippen molar-refractivity contribution in [3.8, 4) is 0 Å². The summed E-state index contributed by atoms with van der Waals surface area (Å²) in [6.45, 7) is 5.28. The van der Waals surface area contributed by atoms with Crippen molar-refractivity contribution >= 4 is 5.69 Å². The molecule has 2 aromatic rings. The Morgan fingerprint density at radius 1 is 1.10 bits per heavy atom. The van der Waals surface area contributed by atoms with E-state index in [1.807, 2.05) is 24.3 Å². The molecule has 0 fully saturated rings. The van der Waals surface area contributed by atoms with Crippen molar-refractivity contribution in [1.29, 1.82) is 0 Å². The summed E-state index contributed by atoms with van der Waals surface area (Å²) < 4.78 is 14.1. The first-order valence-electron chi connectivity index (χ1n) is 6.95. The Labute approximate surface area is 120 Å². The fourth-order valence-electron chi connectivity index (χ4n) is 2.61. The van der Waals surface area contributed by atoms with E-state index in [-0.39, 0.29) is 11.9 Å².